The molecule has 37 heavy (non-hydrogen) atoms. The van der Waals surface area contributed by atoms with Crippen molar-refractivity contribution < 1.29 is 19.1 Å². The van der Waals surface area contributed by atoms with Gasteiger partial charge >= 0.3 is 0 Å². The Morgan fingerprint density at radius 2 is 2.03 bits per heavy atom. The number of fused-ring (bicyclic) bond motifs is 2. The van der Waals surface area contributed by atoms with E-state index in [1.807, 2.05) is 12.1 Å². The van der Waals surface area contributed by atoms with E-state index >= 15 is 0 Å². The molecule has 0 radical (unpaired) electrons. The molecule has 190 valence electrons. The minimum atomic E-state index is -0.419. The Bertz CT molecular complexity index is 1390. The second-order valence-electron chi connectivity index (χ2n) is 9.11. The predicted molar refractivity (Wildman–Crippen MR) is 140 cm³/mol. The van der Waals surface area contributed by atoms with Gasteiger partial charge in [-0.1, -0.05) is 6.58 Å². The molecule has 0 aliphatic carbocycles. The van der Waals surface area contributed by atoms with Crippen LogP contribution in [0, 0.1) is 0 Å². The number of benzene rings is 1. The smallest absolute Gasteiger partial charge is 0.256 e. The lowest BCUT2D eigenvalue weighted by atomic mass is 9.82. The molecule has 0 bridgehead atoms. The molecule has 10 nitrogen and oxygen atoms in total. The minimum absolute atomic E-state index is 0.100. The highest BCUT2D eigenvalue weighted by molar-refractivity contribution is 6.06. The van der Waals surface area contributed by atoms with Crippen LogP contribution >= 0.6 is 0 Å². The van der Waals surface area contributed by atoms with Gasteiger partial charge in [0.05, 0.1) is 29.6 Å². The second kappa shape index (κ2) is 9.90. The molecular weight excluding hydrogens is 472 g/mol. The number of hydrogen-bond acceptors (Lipinski definition) is 6. The number of methoxy groups -OCH3 is 1. The molecule has 3 aromatic rings. The van der Waals surface area contributed by atoms with Crippen LogP contribution in [0.2, 0.25) is 0 Å². The molecule has 1 fully saturated rings. The molecule has 1 spiro atoms. The van der Waals surface area contributed by atoms with Gasteiger partial charge in [-0.05, 0) is 68.3 Å². The maximum atomic E-state index is 13.0. The zero-order chi connectivity index (χ0) is 26.0. The topological polar surface area (TPSA) is 137 Å². The van der Waals surface area contributed by atoms with Crippen molar-refractivity contribution in [1.29, 1.82) is 0 Å². The molecular formula is C27H28N6O4. The van der Waals surface area contributed by atoms with Crippen molar-refractivity contribution in [2.75, 3.05) is 30.8 Å². The summed E-state index contributed by atoms with van der Waals surface area (Å²) in [5.74, 6) is -0.166. The van der Waals surface area contributed by atoms with E-state index in [2.05, 4.69) is 37.8 Å². The van der Waals surface area contributed by atoms with Gasteiger partial charge in [0.15, 0.2) is 0 Å². The van der Waals surface area contributed by atoms with Crippen LogP contribution in [0.15, 0.2) is 55.3 Å². The number of pyridine rings is 1. The van der Waals surface area contributed by atoms with Gasteiger partial charge in [0, 0.05) is 29.6 Å². The van der Waals surface area contributed by atoms with Crippen LogP contribution in [0.25, 0.3) is 11.3 Å². The fraction of sp³-hybridized carbons (Fsp3) is 0.259. The van der Waals surface area contributed by atoms with Crippen LogP contribution in [0.4, 0.5) is 11.5 Å². The van der Waals surface area contributed by atoms with Crippen LogP contribution in [-0.4, -0.2) is 47.9 Å². The largest absolute Gasteiger partial charge is 0.495 e. The van der Waals surface area contributed by atoms with E-state index in [1.165, 1.54) is 13.2 Å². The molecule has 4 heterocycles. The maximum Gasteiger partial charge on any atom is 0.256 e. The summed E-state index contributed by atoms with van der Waals surface area (Å²) < 4.78 is 5.26. The van der Waals surface area contributed by atoms with Crippen molar-refractivity contribution in [2.24, 2.45) is 0 Å². The number of aromatic amines is 1. The van der Waals surface area contributed by atoms with Crippen molar-refractivity contribution in [2.45, 2.75) is 24.8 Å². The van der Waals surface area contributed by atoms with Crippen molar-refractivity contribution >= 4 is 29.2 Å². The maximum absolute atomic E-state index is 13.0. The van der Waals surface area contributed by atoms with Crippen LogP contribution < -0.4 is 26.0 Å². The van der Waals surface area contributed by atoms with Gasteiger partial charge in [0.1, 0.15) is 11.6 Å². The normalized spacial score (nSPS) is 18.5. The molecule has 3 amide bonds. The highest BCUT2D eigenvalue weighted by Crippen LogP contribution is 2.37. The first-order chi connectivity index (χ1) is 17.9. The first-order valence-electron chi connectivity index (χ1n) is 12.1. The highest BCUT2D eigenvalue weighted by Gasteiger charge is 2.42. The van der Waals surface area contributed by atoms with E-state index in [0.29, 0.717) is 34.9 Å². The van der Waals surface area contributed by atoms with Crippen LogP contribution in [0.1, 0.15) is 45.7 Å². The van der Waals surface area contributed by atoms with Gasteiger partial charge in [-0.15, -0.1) is 0 Å². The van der Waals surface area contributed by atoms with Gasteiger partial charge in [-0.2, -0.15) is 0 Å². The molecule has 0 saturated carbocycles. The van der Waals surface area contributed by atoms with Crippen LogP contribution in [-0.2, 0) is 10.3 Å². The van der Waals surface area contributed by atoms with E-state index in [0.717, 1.165) is 48.8 Å². The Balaban J connectivity index is 1.40. The third-order valence-electron chi connectivity index (χ3n) is 6.80. The quantitative estimate of drug-likeness (QED) is 0.330. The van der Waals surface area contributed by atoms with E-state index in [9.17, 15) is 14.4 Å². The van der Waals surface area contributed by atoms with Crippen molar-refractivity contribution in [3.8, 4) is 17.0 Å². The highest BCUT2D eigenvalue weighted by atomic mass is 16.5. The molecule has 1 aromatic carbocycles. The summed E-state index contributed by atoms with van der Waals surface area (Å²) in [6, 6.07) is 10.1. The number of hydrogen-bond donors (Lipinski definition) is 5. The Kier molecular flexibility index (Phi) is 6.49. The number of ether oxygens (including phenoxy) is 1. The number of aromatic nitrogens is 2. The van der Waals surface area contributed by atoms with E-state index in [1.54, 1.807) is 24.4 Å². The summed E-state index contributed by atoms with van der Waals surface area (Å²) in [4.78, 5) is 45.1. The fourth-order valence-corrected chi connectivity index (χ4v) is 4.90. The SMILES string of the molecule is C=CC(=O)Nc1cc(C(=O)Nc2cc(-c3cc4c([nH]3)C3(CCCCN3)CNC4=O)ccn2)ccc1OC. The van der Waals surface area contributed by atoms with Crippen molar-refractivity contribution in [3.05, 3.63) is 72.1 Å². The first kappa shape index (κ1) is 24.3. The van der Waals surface area contributed by atoms with Crippen LogP contribution in [0.3, 0.4) is 0 Å². The zero-order valence-electron chi connectivity index (χ0n) is 20.4. The lowest BCUT2D eigenvalue weighted by Crippen LogP contribution is -2.57. The predicted octanol–water partition coefficient (Wildman–Crippen LogP) is 3.17. The zero-order valence-corrected chi connectivity index (χ0v) is 20.4. The van der Waals surface area contributed by atoms with Gasteiger partial charge in [-0.3, -0.25) is 14.4 Å². The molecule has 10 heteroatoms. The molecule has 2 aromatic heterocycles. The molecule has 5 rings (SSSR count). The number of anilines is 2. The number of H-pyrrole nitrogens is 1. The summed E-state index contributed by atoms with van der Waals surface area (Å²) in [5, 5.41) is 12.1. The Labute approximate surface area is 213 Å². The van der Waals surface area contributed by atoms with Gasteiger partial charge in [-0.25, -0.2) is 4.98 Å². The Hall–Kier alpha value is -4.44. The number of carbonyl (C=O) groups excluding carboxylic acids is 3. The summed E-state index contributed by atoms with van der Waals surface area (Å²) in [7, 11) is 1.47. The Morgan fingerprint density at radius 1 is 1.16 bits per heavy atom. The summed E-state index contributed by atoms with van der Waals surface area (Å²) in [5.41, 5.74) is 3.45. The number of piperidine rings is 1. The average molecular weight is 501 g/mol. The van der Waals surface area contributed by atoms with Crippen molar-refractivity contribution in [1.82, 2.24) is 20.6 Å². The number of nitrogens with zero attached hydrogens (tertiary/aromatic N) is 1. The van der Waals surface area contributed by atoms with Crippen LogP contribution in [0.5, 0.6) is 5.75 Å². The number of rotatable bonds is 6. The monoisotopic (exact) mass is 500 g/mol. The molecule has 1 saturated heterocycles. The number of nitrogens with one attached hydrogen (secondary N) is 5. The third-order valence-corrected chi connectivity index (χ3v) is 6.80. The van der Waals surface area contributed by atoms with E-state index < -0.39 is 11.8 Å². The molecule has 1 unspecified atom stereocenters. The second-order valence-corrected chi connectivity index (χ2v) is 9.11. The first-order valence-corrected chi connectivity index (χ1v) is 12.1. The minimum Gasteiger partial charge on any atom is -0.495 e. The third kappa shape index (κ3) is 4.70. The lowest BCUT2D eigenvalue weighted by Gasteiger charge is -2.41. The summed E-state index contributed by atoms with van der Waals surface area (Å²) in [6.07, 6.45) is 5.88. The fourth-order valence-electron chi connectivity index (χ4n) is 4.90. The summed E-state index contributed by atoms with van der Waals surface area (Å²) in [6.45, 7) is 4.89. The molecule has 5 N–H and O–H groups in total. The van der Waals surface area contributed by atoms with E-state index in [-0.39, 0.29) is 11.4 Å². The van der Waals surface area contributed by atoms with Gasteiger partial charge in [0.2, 0.25) is 5.91 Å². The number of amides is 3. The average Bonchev–Trinajstić information content (AvgIpc) is 3.39. The summed E-state index contributed by atoms with van der Waals surface area (Å²) >= 11 is 0. The lowest BCUT2D eigenvalue weighted by molar-refractivity contribution is -0.111. The Morgan fingerprint density at radius 3 is 2.78 bits per heavy atom. The van der Waals surface area contributed by atoms with Crippen molar-refractivity contribution in [3.63, 3.8) is 0 Å². The molecule has 1 atom stereocenters. The van der Waals surface area contributed by atoms with Gasteiger partial charge in [0.25, 0.3) is 11.8 Å². The molecule has 2 aliphatic rings. The number of carbonyl (C=O) groups is 3. The van der Waals surface area contributed by atoms with E-state index in [4.69, 9.17) is 4.74 Å². The van der Waals surface area contributed by atoms with Gasteiger partial charge < -0.3 is 31.0 Å². The standard InChI is InChI=1S/C27H28N6O4/c1-3-23(34)31-20-12-17(6-7-21(20)37-2)25(35)33-22-13-16(8-11-28-22)19-14-18-24(32-19)27(15-29-26(18)36)9-4-5-10-30-27/h3,6-8,11-14,30,32H,1,4-5,9-10,15H2,2H3,(H,29,36)(H,31,34)(H,28,33,35). The molecule has 2 aliphatic heterocycles.